The average Bonchev–Trinajstić information content (AvgIpc) is 0.918. The molecule has 0 unspecified atom stereocenters. The molecule has 4 heavy (non-hydrogen) atoms. The van der Waals surface area contributed by atoms with Crippen molar-refractivity contribution < 1.29 is 4.46 Å². The van der Waals surface area contributed by atoms with E-state index in [1.54, 1.807) is 0 Å². The maximum Gasteiger partial charge on any atom is 0.374 e. The van der Waals surface area contributed by atoms with Gasteiger partial charge in [0, 0.05) is 0 Å². The largest absolute Gasteiger partial charge is 0.405 e. The van der Waals surface area contributed by atoms with Gasteiger partial charge in [0.25, 0.3) is 0 Å². The van der Waals surface area contributed by atoms with Crippen molar-refractivity contribution in [3.05, 3.63) is 0 Å². The van der Waals surface area contributed by atoms with E-state index in [4.69, 9.17) is 4.46 Å². The molecule has 0 aromatic rings. The Morgan fingerprint density at radius 2 is 1.75 bits per heavy atom. The lowest BCUT2D eigenvalue weighted by atomic mass is 10.8. The van der Waals surface area contributed by atoms with Crippen molar-refractivity contribution in [3.63, 3.8) is 0 Å². The Morgan fingerprint density at radius 1 is 1.75 bits per heavy atom. The van der Waals surface area contributed by atoms with Crippen LogP contribution in [0.25, 0.3) is 0 Å². The lowest BCUT2D eigenvalue weighted by Gasteiger charge is -1.29. The van der Waals surface area contributed by atoms with Crippen LogP contribution in [-0.2, 0) is 4.46 Å². The summed E-state index contributed by atoms with van der Waals surface area (Å²) >= 11 is 0. The van der Waals surface area contributed by atoms with Crippen LogP contribution in [0, 0.1) is 0 Å². The van der Waals surface area contributed by atoms with E-state index in [1.807, 2.05) is 0 Å². The van der Waals surface area contributed by atoms with E-state index in [0.29, 0.717) is 0 Å². The molecule has 0 radical (unpaired) electrons. The fraction of sp³-hybridized carbons (Fsp3) is 0. The zero-order valence-electron chi connectivity index (χ0n) is 1.56. The number of hydrogen-bond donors (Lipinski definition) is 1. The van der Waals surface area contributed by atoms with Crippen molar-refractivity contribution in [1.82, 2.24) is 0 Å². The quantitative estimate of drug-likeness (QED) is 0.322. The van der Waals surface area contributed by atoms with Gasteiger partial charge >= 0.3 is 9.57 Å². The van der Waals surface area contributed by atoms with Crippen LogP contribution in [0.5, 0.6) is 0 Å². The van der Waals surface area contributed by atoms with Gasteiger partial charge in [-0.15, -0.1) is 0 Å². The molecule has 0 aromatic heterocycles. The molecule has 0 heterocycles. The molecule has 0 aliphatic rings. The minimum atomic E-state index is -1.00. The Kier molecular flexibility index (Phi) is 29.9. The first-order valence-electron chi connectivity index (χ1n) is 0.569. The molecular weight excluding hydrogens is 68.9 g/mol. The highest BCUT2D eigenvalue weighted by molar-refractivity contribution is 6.11. The molecule has 0 atom stereocenters. The summed E-state index contributed by atoms with van der Waals surface area (Å²) in [6.45, 7) is 0. The molecule has 0 bridgehead atoms. The first kappa shape index (κ1) is 9.10. The van der Waals surface area contributed by atoms with E-state index in [9.17, 15) is 0 Å². The van der Waals surface area contributed by atoms with Gasteiger partial charge in [0.2, 0.25) is 0 Å². The fourth-order valence-electron chi connectivity index (χ4n) is 0. The normalized spacial score (nSPS) is 3.00. The topological polar surface area (TPSA) is 43.1 Å². The standard InChI is InChI=1S/BH3.H3NOSi/c;1-3-2/h1H3;3H,1H2. The lowest BCUT2D eigenvalue weighted by Crippen LogP contribution is -1.86. The minimum Gasteiger partial charge on any atom is -0.405 e. The van der Waals surface area contributed by atoms with Gasteiger partial charge in [0.1, 0.15) is 0 Å². The Hall–Kier alpha value is -0.118. The van der Waals surface area contributed by atoms with Gasteiger partial charge < -0.3 is 9.86 Å². The molecule has 0 saturated heterocycles. The summed E-state index contributed by atoms with van der Waals surface area (Å²) in [5, 5.41) is 4.38. The Morgan fingerprint density at radius 3 is 1.75 bits per heavy atom. The van der Waals surface area contributed by atoms with Gasteiger partial charge in [-0.3, -0.25) is 0 Å². The lowest BCUT2D eigenvalue weighted by molar-refractivity contribution is 0.578. The predicted octanol–water partition coefficient (Wildman–Crippen LogP) is -2.54. The second kappa shape index (κ2) is 13.1. The Balaban J connectivity index is 0. The van der Waals surface area contributed by atoms with Crippen LogP contribution >= 0.6 is 0 Å². The van der Waals surface area contributed by atoms with Crippen molar-refractivity contribution in [3.8, 4) is 0 Å². The second-order valence-corrected chi connectivity index (χ2v) is 0.408. The van der Waals surface area contributed by atoms with Crippen LogP contribution < -0.4 is 5.40 Å². The first-order chi connectivity index (χ1) is 1.41. The van der Waals surface area contributed by atoms with Crippen molar-refractivity contribution in [2.45, 2.75) is 0 Å². The van der Waals surface area contributed by atoms with Crippen LogP contribution in [-0.4, -0.2) is 18.0 Å². The van der Waals surface area contributed by atoms with Crippen LogP contribution in [0.2, 0.25) is 0 Å². The van der Waals surface area contributed by atoms with E-state index in [2.05, 4.69) is 5.40 Å². The molecule has 24 valence electrons. The van der Waals surface area contributed by atoms with Crippen LogP contribution in [0.4, 0.5) is 0 Å². The van der Waals surface area contributed by atoms with Gasteiger partial charge in [-0.05, 0) is 0 Å². The molecule has 0 fully saturated rings. The van der Waals surface area contributed by atoms with Crippen LogP contribution in [0.3, 0.4) is 0 Å². The summed E-state index contributed by atoms with van der Waals surface area (Å²) in [7, 11) is -1.00. The van der Waals surface area contributed by atoms with E-state index >= 15 is 0 Å². The van der Waals surface area contributed by atoms with Gasteiger partial charge in [0.05, 0.1) is 8.41 Å². The number of nitrogens with two attached hydrogens (primary N) is 1. The molecular formula is H6BNOSi. The third-order valence-corrected chi connectivity index (χ3v) is 0. The van der Waals surface area contributed by atoms with Crippen molar-refractivity contribution in [1.29, 1.82) is 0 Å². The highest BCUT2D eigenvalue weighted by Crippen LogP contribution is 0.756. The summed E-state index contributed by atoms with van der Waals surface area (Å²) in [4.78, 5) is 0. The molecule has 0 aliphatic heterocycles. The summed E-state index contributed by atoms with van der Waals surface area (Å²) in [5.74, 6) is 0. The zero-order chi connectivity index (χ0) is 2.71. The molecule has 0 aromatic carbocycles. The Bertz CT molecular complexity index is 15.5. The summed E-state index contributed by atoms with van der Waals surface area (Å²) < 4.78 is 8.79. The molecule has 2 N–H and O–H groups in total. The fourth-order valence-corrected chi connectivity index (χ4v) is 0. The van der Waals surface area contributed by atoms with E-state index in [0.717, 1.165) is 0 Å². The zero-order valence-corrected chi connectivity index (χ0v) is 2.72. The van der Waals surface area contributed by atoms with E-state index in [-0.39, 0.29) is 8.41 Å². The first-order valence-corrected chi connectivity index (χ1v) is 1.71. The molecule has 0 aliphatic carbocycles. The molecule has 0 saturated carbocycles. The maximum absolute atomic E-state index is 8.79. The van der Waals surface area contributed by atoms with Gasteiger partial charge in [-0.25, -0.2) is 0 Å². The van der Waals surface area contributed by atoms with Crippen LogP contribution in [0.1, 0.15) is 0 Å². The Labute approximate surface area is 28.9 Å². The highest BCUT2D eigenvalue weighted by Gasteiger charge is 1.27. The second-order valence-electron chi connectivity index (χ2n) is 0.136. The van der Waals surface area contributed by atoms with E-state index in [1.165, 1.54) is 0 Å². The molecule has 4 heteroatoms. The van der Waals surface area contributed by atoms with Crippen molar-refractivity contribution >= 4 is 18.0 Å². The van der Waals surface area contributed by atoms with Gasteiger partial charge in [0.15, 0.2) is 0 Å². The predicted molar refractivity (Wildman–Crippen MR) is 22.0 cm³/mol. The van der Waals surface area contributed by atoms with Gasteiger partial charge in [-0.1, -0.05) is 0 Å². The van der Waals surface area contributed by atoms with Crippen molar-refractivity contribution in [2.75, 3.05) is 0 Å². The summed E-state index contributed by atoms with van der Waals surface area (Å²) in [6.07, 6.45) is 0. The van der Waals surface area contributed by atoms with Gasteiger partial charge in [-0.2, -0.15) is 0 Å². The van der Waals surface area contributed by atoms with E-state index < -0.39 is 9.57 Å². The summed E-state index contributed by atoms with van der Waals surface area (Å²) in [5.41, 5.74) is 0. The van der Waals surface area contributed by atoms with Crippen LogP contribution in [0.15, 0.2) is 0 Å². The smallest absolute Gasteiger partial charge is 0.374 e. The third kappa shape index (κ3) is 105. The average molecular weight is 75.0 g/mol. The SMILES string of the molecule is B.N[SiH]=O. The molecule has 0 spiro atoms. The maximum atomic E-state index is 8.79. The molecule has 2 nitrogen and oxygen atoms in total. The molecule has 0 amide bonds. The monoisotopic (exact) mass is 75.0 g/mol. The third-order valence-electron chi connectivity index (χ3n) is 0. The van der Waals surface area contributed by atoms with Crippen molar-refractivity contribution in [2.24, 2.45) is 5.40 Å². The minimum absolute atomic E-state index is 0. The highest BCUT2D eigenvalue weighted by atomic mass is 28.2. The number of hydrogen-bond acceptors (Lipinski definition) is 1. The summed E-state index contributed by atoms with van der Waals surface area (Å²) in [6, 6.07) is 0. The molecule has 0 rings (SSSR count). The number of rotatable bonds is 0.